The summed E-state index contributed by atoms with van der Waals surface area (Å²) in [4.78, 5) is 10.5. The summed E-state index contributed by atoms with van der Waals surface area (Å²) in [6.07, 6.45) is 6.50. The lowest BCUT2D eigenvalue weighted by Gasteiger charge is -2.08. The highest BCUT2D eigenvalue weighted by atomic mass is 35.5. The molecule has 0 radical (unpaired) electrons. The molecule has 96 valence electrons. The Morgan fingerprint density at radius 2 is 2.06 bits per heavy atom. The number of halogens is 1. The van der Waals surface area contributed by atoms with Crippen molar-refractivity contribution < 1.29 is 9.90 Å². The zero-order valence-electron chi connectivity index (χ0n) is 10.2. The third-order valence-electron chi connectivity index (χ3n) is 3.22. The van der Waals surface area contributed by atoms with Crippen LogP contribution in [0.5, 0.6) is 0 Å². The highest BCUT2D eigenvalue weighted by Gasteiger charge is 2.11. The van der Waals surface area contributed by atoms with Crippen molar-refractivity contribution in [1.29, 1.82) is 0 Å². The Labute approximate surface area is 112 Å². The van der Waals surface area contributed by atoms with Crippen LogP contribution >= 0.6 is 11.6 Å². The zero-order valence-corrected chi connectivity index (χ0v) is 11.0. The van der Waals surface area contributed by atoms with Gasteiger partial charge in [-0.15, -0.1) is 11.6 Å². The van der Waals surface area contributed by atoms with E-state index in [-0.39, 0.29) is 11.8 Å². The summed E-state index contributed by atoms with van der Waals surface area (Å²) in [5.41, 5.74) is 3.80. The number of allylic oxidation sites excluding steroid dienone is 2. The van der Waals surface area contributed by atoms with Crippen molar-refractivity contribution in [3.8, 4) is 0 Å². The Bertz CT molecular complexity index is 448. The molecular formula is C15H17ClO2. The monoisotopic (exact) mass is 264 g/mol. The van der Waals surface area contributed by atoms with E-state index in [1.807, 2.05) is 12.1 Å². The van der Waals surface area contributed by atoms with Crippen molar-refractivity contribution >= 4 is 23.1 Å². The molecule has 3 heteroatoms. The van der Waals surface area contributed by atoms with Crippen LogP contribution in [0.1, 0.15) is 36.8 Å². The number of alkyl halides is 1. The molecule has 0 aromatic heterocycles. The molecule has 1 aromatic carbocycles. The molecule has 2 rings (SSSR count). The molecule has 0 saturated carbocycles. The quantitative estimate of drug-likeness (QED) is 0.820. The van der Waals surface area contributed by atoms with Crippen LogP contribution in [0.3, 0.4) is 0 Å². The zero-order chi connectivity index (χ0) is 13.0. The Kier molecular flexibility index (Phi) is 4.43. The first-order chi connectivity index (χ1) is 8.65. The summed E-state index contributed by atoms with van der Waals surface area (Å²) < 4.78 is 0. The third kappa shape index (κ3) is 3.61. The van der Waals surface area contributed by atoms with E-state index in [4.69, 9.17) is 16.7 Å². The summed E-state index contributed by atoms with van der Waals surface area (Å²) >= 11 is 5.99. The lowest BCUT2D eigenvalue weighted by Crippen LogP contribution is -2.09. The molecule has 0 aliphatic heterocycles. The van der Waals surface area contributed by atoms with E-state index in [0.717, 1.165) is 12.0 Å². The first kappa shape index (κ1) is 13.2. The fourth-order valence-electron chi connectivity index (χ4n) is 2.31. The molecule has 1 atom stereocenters. The van der Waals surface area contributed by atoms with Crippen LogP contribution in [0.4, 0.5) is 0 Å². The van der Waals surface area contributed by atoms with Gasteiger partial charge in [0.1, 0.15) is 0 Å². The molecule has 1 aliphatic rings. The van der Waals surface area contributed by atoms with Crippen molar-refractivity contribution in [3.63, 3.8) is 0 Å². The SMILES string of the molecule is O=C(O)CC(Cl)Cc1ccc(C2=CCCC2)cc1. The minimum Gasteiger partial charge on any atom is -0.481 e. The highest BCUT2D eigenvalue weighted by molar-refractivity contribution is 6.21. The number of carbonyl (C=O) groups is 1. The summed E-state index contributed by atoms with van der Waals surface area (Å²) in [7, 11) is 0. The van der Waals surface area contributed by atoms with E-state index < -0.39 is 5.97 Å². The molecule has 1 unspecified atom stereocenters. The Morgan fingerprint density at radius 1 is 1.33 bits per heavy atom. The molecular weight excluding hydrogens is 248 g/mol. The van der Waals surface area contributed by atoms with Gasteiger partial charge in [-0.05, 0) is 42.4 Å². The van der Waals surface area contributed by atoms with Gasteiger partial charge >= 0.3 is 5.97 Å². The molecule has 1 N–H and O–H groups in total. The maximum atomic E-state index is 10.5. The van der Waals surface area contributed by atoms with Crippen LogP contribution in [-0.2, 0) is 11.2 Å². The molecule has 0 amide bonds. The Balaban J connectivity index is 1.97. The van der Waals surface area contributed by atoms with Crippen molar-refractivity contribution in [2.75, 3.05) is 0 Å². The molecule has 18 heavy (non-hydrogen) atoms. The van der Waals surface area contributed by atoms with E-state index in [9.17, 15) is 4.79 Å². The lowest BCUT2D eigenvalue weighted by molar-refractivity contribution is -0.137. The number of rotatable bonds is 5. The van der Waals surface area contributed by atoms with Crippen molar-refractivity contribution in [2.24, 2.45) is 0 Å². The number of carboxylic acid groups (broad SMARTS) is 1. The Hall–Kier alpha value is -1.28. The Morgan fingerprint density at radius 3 is 2.61 bits per heavy atom. The topological polar surface area (TPSA) is 37.3 Å². The first-order valence-corrected chi connectivity index (χ1v) is 6.73. The van der Waals surface area contributed by atoms with Gasteiger partial charge < -0.3 is 5.11 Å². The van der Waals surface area contributed by atoms with Crippen LogP contribution in [0.25, 0.3) is 5.57 Å². The molecule has 1 aliphatic carbocycles. The summed E-state index contributed by atoms with van der Waals surface area (Å²) in [5.74, 6) is -0.845. The van der Waals surface area contributed by atoms with Crippen molar-refractivity contribution in [3.05, 3.63) is 41.5 Å². The minimum atomic E-state index is -0.845. The highest BCUT2D eigenvalue weighted by Crippen LogP contribution is 2.27. The molecule has 2 nitrogen and oxygen atoms in total. The van der Waals surface area contributed by atoms with Gasteiger partial charge in [-0.3, -0.25) is 4.79 Å². The first-order valence-electron chi connectivity index (χ1n) is 6.29. The molecule has 0 saturated heterocycles. The predicted molar refractivity (Wildman–Crippen MR) is 73.9 cm³/mol. The normalized spacial score (nSPS) is 16.4. The van der Waals surface area contributed by atoms with E-state index in [1.54, 1.807) is 0 Å². The maximum absolute atomic E-state index is 10.5. The van der Waals surface area contributed by atoms with Crippen LogP contribution in [0.2, 0.25) is 0 Å². The average Bonchev–Trinajstić information content (AvgIpc) is 2.82. The van der Waals surface area contributed by atoms with Gasteiger partial charge in [-0.1, -0.05) is 30.3 Å². The van der Waals surface area contributed by atoms with Crippen molar-refractivity contribution in [2.45, 2.75) is 37.5 Å². The number of benzene rings is 1. The predicted octanol–water partition coefficient (Wildman–Crippen LogP) is 3.88. The number of aliphatic carboxylic acids is 1. The van der Waals surface area contributed by atoms with Gasteiger partial charge in [0.2, 0.25) is 0 Å². The van der Waals surface area contributed by atoms with Crippen molar-refractivity contribution in [1.82, 2.24) is 0 Å². The number of hydrogen-bond donors (Lipinski definition) is 1. The van der Waals surface area contributed by atoms with Gasteiger partial charge in [0, 0.05) is 5.38 Å². The van der Waals surface area contributed by atoms with Gasteiger partial charge in [0.05, 0.1) is 6.42 Å². The summed E-state index contributed by atoms with van der Waals surface area (Å²) in [6, 6.07) is 8.31. The van der Waals surface area contributed by atoms with E-state index in [2.05, 4.69) is 18.2 Å². The second-order valence-corrected chi connectivity index (χ2v) is 5.33. The van der Waals surface area contributed by atoms with Gasteiger partial charge in [0.15, 0.2) is 0 Å². The maximum Gasteiger partial charge on any atom is 0.304 e. The molecule has 1 aromatic rings. The van der Waals surface area contributed by atoms with Crippen LogP contribution in [-0.4, -0.2) is 16.5 Å². The lowest BCUT2D eigenvalue weighted by atomic mass is 10.0. The van der Waals surface area contributed by atoms with Gasteiger partial charge in [-0.25, -0.2) is 0 Å². The fourth-order valence-corrected chi connectivity index (χ4v) is 2.62. The minimum absolute atomic E-state index is 0.00839. The van der Waals surface area contributed by atoms with Crippen LogP contribution in [0, 0.1) is 0 Å². The summed E-state index contributed by atoms with van der Waals surface area (Å²) in [5, 5.41) is 8.32. The number of carboxylic acids is 1. The molecule has 0 fully saturated rings. The molecule has 0 bridgehead atoms. The second kappa shape index (κ2) is 6.05. The van der Waals surface area contributed by atoms with Crippen LogP contribution in [0.15, 0.2) is 30.3 Å². The average molecular weight is 265 g/mol. The molecule has 0 heterocycles. The van der Waals surface area contributed by atoms with Gasteiger partial charge in [-0.2, -0.15) is 0 Å². The third-order valence-corrected chi connectivity index (χ3v) is 3.53. The molecule has 0 spiro atoms. The van der Waals surface area contributed by atoms with E-state index in [1.165, 1.54) is 24.0 Å². The largest absolute Gasteiger partial charge is 0.481 e. The second-order valence-electron chi connectivity index (χ2n) is 4.72. The smallest absolute Gasteiger partial charge is 0.304 e. The number of hydrogen-bond acceptors (Lipinski definition) is 1. The fraction of sp³-hybridized carbons (Fsp3) is 0.400. The summed E-state index contributed by atoms with van der Waals surface area (Å²) in [6.45, 7) is 0. The van der Waals surface area contributed by atoms with Crippen LogP contribution < -0.4 is 0 Å². The van der Waals surface area contributed by atoms with E-state index >= 15 is 0 Å². The van der Waals surface area contributed by atoms with E-state index in [0.29, 0.717) is 6.42 Å². The standard InChI is InChI=1S/C15H17ClO2/c16-14(10-15(17)18)9-11-5-7-13(8-6-11)12-3-1-2-4-12/h3,5-8,14H,1-2,4,9-10H2,(H,17,18). The van der Waals surface area contributed by atoms with Gasteiger partial charge in [0.25, 0.3) is 0 Å².